The van der Waals surface area contributed by atoms with Gasteiger partial charge in [-0.05, 0) is 37.0 Å². The van der Waals surface area contributed by atoms with Crippen LogP contribution in [0.15, 0.2) is 36.9 Å². The molecule has 0 saturated heterocycles. The van der Waals surface area contributed by atoms with Gasteiger partial charge >= 0.3 is 0 Å². The summed E-state index contributed by atoms with van der Waals surface area (Å²) in [4.78, 5) is 17.2. The van der Waals surface area contributed by atoms with E-state index in [0.717, 1.165) is 11.1 Å². The maximum absolute atomic E-state index is 12.9. The number of hydrogen-bond acceptors (Lipinski definition) is 5. The van der Waals surface area contributed by atoms with E-state index in [9.17, 15) is 9.90 Å². The van der Waals surface area contributed by atoms with E-state index in [1.807, 2.05) is 23.9 Å². The molecule has 1 atom stereocenters. The zero-order valence-corrected chi connectivity index (χ0v) is 15.1. The van der Waals surface area contributed by atoms with Crippen LogP contribution in [0.3, 0.4) is 0 Å². The third-order valence-corrected chi connectivity index (χ3v) is 5.22. The molecule has 8 heteroatoms. The van der Waals surface area contributed by atoms with Crippen LogP contribution in [-0.4, -0.2) is 48.2 Å². The Balaban J connectivity index is 1.56. The van der Waals surface area contributed by atoms with Gasteiger partial charge in [0.2, 0.25) is 0 Å². The first-order valence-corrected chi connectivity index (χ1v) is 9.08. The summed E-state index contributed by atoms with van der Waals surface area (Å²) >= 11 is 0. The highest BCUT2D eigenvalue weighted by Gasteiger charge is 2.36. The second kappa shape index (κ2) is 7.13. The van der Waals surface area contributed by atoms with E-state index >= 15 is 0 Å². The lowest BCUT2D eigenvalue weighted by molar-refractivity contribution is 0.0235. The average Bonchev–Trinajstić information content (AvgIpc) is 3.23. The lowest BCUT2D eigenvalue weighted by Crippen LogP contribution is -2.41. The molecule has 0 bridgehead atoms. The second-order valence-electron chi connectivity index (χ2n) is 7.15. The molecule has 4 rings (SSSR count). The Kier molecular flexibility index (Phi) is 4.67. The molecule has 0 aliphatic heterocycles. The normalized spacial score (nSPS) is 20.4. The quantitative estimate of drug-likeness (QED) is 0.601. The van der Waals surface area contributed by atoms with E-state index in [1.165, 1.54) is 0 Å². The van der Waals surface area contributed by atoms with E-state index in [1.54, 1.807) is 29.3 Å². The number of hydrogen-bond donors (Lipinski definition) is 3. The Morgan fingerprint density at radius 3 is 2.89 bits per heavy atom. The Morgan fingerprint density at radius 2 is 2.22 bits per heavy atom. The first-order valence-electron chi connectivity index (χ1n) is 9.08. The molecule has 1 saturated carbocycles. The predicted octanol–water partition coefficient (Wildman–Crippen LogP) is 1.00. The van der Waals surface area contributed by atoms with Crippen LogP contribution in [0.25, 0.3) is 11.0 Å². The third-order valence-electron chi connectivity index (χ3n) is 5.22. The van der Waals surface area contributed by atoms with Crippen LogP contribution in [0, 0.1) is 5.92 Å². The van der Waals surface area contributed by atoms with Crippen molar-refractivity contribution in [2.45, 2.75) is 31.5 Å². The van der Waals surface area contributed by atoms with Gasteiger partial charge in [-0.2, -0.15) is 5.10 Å². The van der Waals surface area contributed by atoms with Crippen molar-refractivity contribution in [3.8, 4) is 0 Å². The van der Waals surface area contributed by atoms with Crippen molar-refractivity contribution in [2.24, 2.45) is 13.0 Å². The fraction of sp³-hybridized carbons (Fsp3) is 0.421. The van der Waals surface area contributed by atoms with Crippen molar-refractivity contribution >= 4 is 16.9 Å². The van der Waals surface area contributed by atoms with Crippen molar-refractivity contribution < 1.29 is 15.0 Å². The highest BCUT2D eigenvalue weighted by molar-refractivity contribution is 5.97. The number of amides is 1. The summed E-state index contributed by atoms with van der Waals surface area (Å²) in [5.41, 5.74) is 3.07. The standard InChI is InChI=1S/C19H23N5O3/c1-23-10-14(9-21-23)18(13-6-15(26)7-13)22-19(27)12-2-3-17-16(8-12)20-11-24(17)4-5-25/h2-3,8-11,13,15,18,25-26H,4-7H2,1H3,(H,22,27)/t13?,15?,18-/m0/s1. The summed E-state index contributed by atoms with van der Waals surface area (Å²) in [6.07, 6.45) is 6.37. The molecule has 1 aliphatic rings. The molecular weight excluding hydrogens is 346 g/mol. The number of rotatable bonds is 6. The van der Waals surface area contributed by atoms with Crippen molar-refractivity contribution in [3.05, 3.63) is 48.0 Å². The molecular formula is C19H23N5O3. The van der Waals surface area contributed by atoms with Crippen LogP contribution in [-0.2, 0) is 13.6 Å². The lowest BCUT2D eigenvalue weighted by Gasteiger charge is -2.37. The number of carbonyl (C=O) groups is 1. The zero-order chi connectivity index (χ0) is 19.0. The Bertz CT molecular complexity index is 957. The average molecular weight is 369 g/mol. The summed E-state index contributed by atoms with van der Waals surface area (Å²) in [6, 6.07) is 5.19. The van der Waals surface area contributed by atoms with E-state index in [4.69, 9.17) is 5.11 Å². The molecule has 0 unspecified atom stereocenters. The first-order chi connectivity index (χ1) is 13.0. The van der Waals surface area contributed by atoms with Gasteiger partial charge in [0.1, 0.15) is 0 Å². The summed E-state index contributed by atoms with van der Waals surface area (Å²) in [6.45, 7) is 0.503. The number of aryl methyl sites for hydroxylation is 1. The van der Waals surface area contributed by atoms with Crippen LogP contribution < -0.4 is 5.32 Å². The minimum atomic E-state index is -0.294. The number of nitrogens with one attached hydrogen (secondary N) is 1. The van der Waals surface area contributed by atoms with Gasteiger partial charge in [0, 0.05) is 30.9 Å². The SMILES string of the molecule is Cn1cc([C@@H](NC(=O)c2ccc3c(c2)ncn3CCO)C2CC(O)C2)cn1. The highest BCUT2D eigenvalue weighted by Crippen LogP contribution is 2.38. The van der Waals surface area contributed by atoms with E-state index < -0.39 is 0 Å². The number of aliphatic hydroxyl groups is 2. The van der Waals surface area contributed by atoms with E-state index in [0.29, 0.717) is 30.5 Å². The first kappa shape index (κ1) is 17.7. The van der Waals surface area contributed by atoms with Crippen LogP contribution in [0.1, 0.15) is 34.8 Å². The fourth-order valence-electron chi connectivity index (χ4n) is 3.69. The van der Waals surface area contributed by atoms with Crippen molar-refractivity contribution in [2.75, 3.05) is 6.61 Å². The number of aromatic nitrogens is 4. The molecule has 2 heterocycles. The van der Waals surface area contributed by atoms with Gasteiger partial charge in [-0.3, -0.25) is 9.48 Å². The number of carbonyl (C=O) groups excluding carboxylic acids is 1. The van der Waals surface area contributed by atoms with Crippen LogP contribution in [0.4, 0.5) is 0 Å². The molecule has 1 fully saturated rings. The Labute approximate surface area is 156 Å². The molecule has 27 heavy (non-hydrogen) atoms. The maximum atomic E-state index is 12.9. The smallest absolute Gasteiger partial charge is 0.251 e. The molecule has 1 aliphatic carbocycles. The largest absolute Gasteiger partial charge is 0.395 e. The van der Waals surface area contributed by atoms with Crippen molar-refractivity contribution in [3.63, 3.8) is 0 Å². The van der Waals surface area contributed by atoms with Gasteiger partial charge in [-0.25, -0.2) is 4.98 Å². The summed E-state index contributed by atoms with van der Waals surface area (Å²) < 4.78 is 3.56. The van der Waals surface area contributed by atoms with Crippen molar-refractivity contribution in [1.29, 1.82) is 0 Å². The zero-order valence-electron chi connectivity index (χ0n) is 15.1. The topological polar surface area (TPSA) is 105 Å². The predicted molar refractivity (Wildman–Crippen MR) is 99.0 cm³/mol. The maximum Gasteiger partial charge on any atom is 0.251 e. The van der Waals surface area contributed by atoms with Gasteiger partial charge in [0.15, 0.2) is 0 Å². The van der Waals surface area contributed by atoms with Crippen LogP contribution in [0.2, 0.25) is 0 Å². The van der Waals surface area contributed by atoms with Gasteiger partial charge in [-0.15, -0.1) is 0 Å². The molecule has 1 aromatic carbocycles. The van der Waals surface area contributed by atoms with E-state index in [2.05, 4.69) is 15.4 Å². The summed E-state index contributed by atoms with van der Waals surface area (Å²) in [7, 11) is 1.84. The van der Waals surface area contributed by atoms with Gasteiger partial charge in [0.25, 0.3) is 5.91 Å². The minimum absolute atomic E-state index is 0.0354. The van der Waals surface area contributed by atoms with Gasteiger partial charge < -0.3 is 20.1 Å². The van der Waals surface area contributed by atoms with Gasteiger partial charge in [-0.1, -0.05) is 0 Å². The molecule has 0 radical (unpaired) electrons. The second-order valence-corrected chi connectivity index (χ2v) is 7.15. The monoisotopic (exact) mass is 369 g/mol. The molecule has 142 valence electrons. The number of fused-ring (bicyclic) bond motifs is 1. The molecule has 1 amide bonds. The summed E-state index contributed by atoms with van der Waals surface area (Å²) in [5.74, 6) is 0.0181. The number of imidazole rings is 1. The number of benzene rings is 1. The van der Waals surface area contributed by atoms with E-state index in [-0.39, 0.29) is 30.6 Å². The van der Waals surface area contributed by atoms with Crippen molar-refractivity contribution in [1.82, 2.24) is 24.6 Å². The Hall–Kier alpha value is -2.71. The Morgan fingerprint density at radius 1 is 1.41 bits per heavy atom. The lowest BCUT2D eigenvalue weighted by atomic mass is 9.75. The number of aliphatic hydroxyl groups excluding tert-OH is 2. The number of nitrogens with zero attached hydrogens (tertiary/aromatic N) is 4. The minimum Gasteiger partial charge on any atom is -0.395 e. The molecule has 3 aromatic rings. The third kappa shape index (κ3) is 3.45. The molecule has 3 N–H and O–H groups in total. The molecule has 0 spiro atoms. The van der Waals surface area contributed by atoms with Gasteiger partial charge in [0.05, 0.1) is 42.3 Å². The van der Waals surface area contributed by atoms with Crippen LogP contribution in [0.5, 0.6) is 0 Å². The summed E-state index contributed by atoms with van der Waals surface area (Å²) in [5, 5.41) is 26.1. The fourth-order valence-corrected chi connectivity index (χ4v) is 3.69. The van der Waals surface area contributed by atoms with Crippen LogP contribution >= 0.6 is 0 Å². The molecule has 2 aromatic heterocycles. The highest BCUT2D eigenvalue weighted by atomic mass is 16.3. The molecule has 8 nitrogen and oxygen atoms in total.